The highest BCUT2D eigenvalue weighted by molar-refractivity contribution is 6.28. The molecule has 0 saturated carbocycles. The number of amides is 1. The molecule has 0 saturated heterocycles. The van der Waals surface area contributed by atoms with E-state index in [0.29, 0.717) is 0 Å². The molecule has 0 unspecified atom stereocenters. The summed E-state index contributed by atoms with van der Waals surface area (Å²) in [7, 11) is 0. The molecular formula is C5H9Cl2NO2. The minimum atomic E-state index is -1.52. The Balaban J connectivity index is 4.57. The molecule has 0 fully saturated rings. The average Bonchev–Trinajstić information content (AvgIpc) is 1.62. The van der Waals surface area contributed by atoms with Crippen LogP contribution in [0.1, 0.15) is 20.8 Å². The molecule has 0 spiro atoms. The van der Waals surface area contributed by atoms with Crippen LogP contribution in [0, 0.1) is 0 Å². The Kier molecular flexibility index (Phi) is 2.57. The summed E-state index contributed by atoms with van der Waals surface area (Å²) in [5.41, 5.74) is -0.776. The molecule has 5 heteroatoms. The van der Waals surface area contributed by atoms with Crippen molar-refractivity contribution in [3.8, 4) is 0 Å². The summed E-state index contributed by atoms with van der Waals surface area (Å²) >= 11 is 10.8. The van der Waals surface area contributed by atoms with E-state index in [4.69, 9.17) is 23.6 Å². The predicted octanol–water partition coefficient (Wildman–Crippen LogP) is 1.25. The number of carbonyl (C=O) groups excluding carboxylic acids is 1. The van der Waals surface area contributed by atoms with E-state index in [1.165, 1.54) is 0 Å². The van der Waals surface area contributed by atoms with E-state index < -0.39 is 15.2 Å². The number of carboxylic acid groups (broad SMARTS) is 1. The molecule has 0 bridgehead atoms. The molecule has 0 aromatic carbocycles. The fourth-order valence-electron chi connectivity index (χ4n) is 0.274. The molecule has 0 aliphatic carbocycles. The minimum Gasteiger partial charge on any atom is -0.496 e. The van der Waals surface area contributed by atoms with Gasteiger partial charge in [0.2, 0.25) is 0 Å². The number of nitrogens with zero attached hydrogens (tertiary/aromatic N) is 1. The maximum Gasteiger partial charge on any atom is 0.296 e. The summed E-state index contributed by atoms with van der Waals surface area (Å²) in [6, 6.07) is 0. The van der Waals surface area contributed by atoms with Crippen molar-refractivity contribution in [3.63, 3.8) is 0 Å². The third-order valence-corrected chi connectivity index (χ3v) is 2.36. The zero-order valence-corrected chi connectivity index (χ0v) is 7.53. The summed E-state index contributed by atoms with van der Waals surface area (Å²) in [6.07, 6.45) is -1.52. The van der Waals surface area contributed by atoms with Crippen LogP contribution >= 0.6 is 23.6 Å². The largest absolute Gasteiger partial charge is 0.496 e. The molecule has 10 heavy (non-hydrogen) atoms. The molecule has 0 heterocycles. The topological polar surface area (TPSA) is 40.1 Å². The molecule has 3 nitrogen and oxygen atoms in total. The van der Waals surface area contributed by atoms with Gasteiger partial charge in [-0.15, -0.1) is 0 Å². The van der Waals surface area contributed by atoms with Crippen molar-refractivity contribution in [2.24, 2.45) is 0 Å². The number of hydrogen-bond donors (Lipinski definition) is 0. The van der Waals surface area contributed by atoms with Crippen molar-refractivity contribution in [1.82, 2.24) is 0 Å². The molecule has 0 aliphatic rings. The van der Waals surface area contributed by atoms with E-state index >= 15 is 0 Å². The van der Waals surface area contributed by atoms with Gasteiger partial charge in [-0.2, -0.15) is 0 Å². The molecule has 0 aliphatic heterocycles. The Labute approximate surface area is 70.0 Å². The summed E-state index contributed by atoms with van der Waals surface area (Å²) in [5.74, 6) is 0. The molecule has 60 valence electrons. The number of carbonyl (C=O) groups is 1. The van der Waals surface area contributed by atoms with E-state index in [1.54, 1.807) is 20.8 Å². The van der Waals surface area contributed by atoms with E-state index in [2.05, 4.69) is 0 Å². The van der Waals surface area contributed by atoms with Gasteiger partial charge in [0.05, 0.1) is 0 Å². The molecular weight excluding hydrogens is 177 g/mol. The van der Waals surface area contributed by atoms with Crippen LogP contribution in [-0.2, 0) is 0 Å². The van der Waals surface area contributed by atoms with Crippen LogP contribution < -0.4 is 5.11 Å². The molecule has 0 rings (SSSR count). The van der Waals surface area contributed by atoms with Gasteiger partial charge in [-0.05, 0) is 20.8 Å². The van der Waals surface area contributed by atoms with Crippen molar-refractivity contribution in [2.75, 3.05) is 0 Å². The van der Waals surface area contributed by atoms with Crippen LogP contribution in [0.25, 0.3) is 0 Å². The second-order valence-corrected chi connectivity index (χ2v) is 4.14. The Morgan fingerprint density at radius 3 is 1.70 bits per heavy atom. The number of rotatable bonds is 0. The Bertz CT molecular complexity index is 150. The first kappa shape index (κ1) is 10.0. The van der Waals surface area contributed by atoms with Crippen LogP contribution in [0.5, 0.6) is 0 Å². The lowest BCUT2D eigenvalue weighted by Crippen LogP contribution is -2.55. The van der Waals surface area contributed by atoms with Gasteiger partial charge in [-0.3, -0.25) is 0 Å². The van der Waals surface area contributed by atoms with Crippen LogP contribution in [0.4, 0.5) is 4.79 Å². The van der Waals surface area contributed by atoms with Crippen LogP contribution in [0.2, 0.25) is 0 Å². The summed E-state index contributed by atoms with van der Waals surface area (Å²) in [6.45, 7) is 4.80. The van der Waals surface area contributed by atoms with Crippen LogP contribution in [0.3, 0.4) is 0 Å². The fourth-order valence-corrected chi connectivity index (χ4v) is 0.274. The van der Waals surface area contributed by atoms with Gasteiger partial charge in [-0.25, -0.2) is 0 Å². The lowest BCUT2D eigenvalue weighted by atomic mass is 10.1. The van der Waals surface area contributed by atoms with E-state index in [0.717, 1.165) is 0 Å². The first-order chi connectivity index (χ1) is 4.19. The maximum absolute atomic E-state index is 10.3. The van der Waals surface area contributed by atoms with Gasteiger partial charge in [0.25, 0.3) is 6.09 Å². The number of halogens is 2. The van der Waals surface area contributed by atoms with Crippen LogP contribution in [-0.4, -0.2) is 15.2 Å². The van der Waals surface area contributed by atoms with Gasteiger partial charge in [0, 0.05) is 0 Å². The second-order valence-electron chi connectivity index (χ2n) is 2.95. The van der Waals surface area contributed by atoms with Gasteiger partial charge in [0.15, 0.2) is 23.6 Å². The summed E-state index contributed by atoms with van der Waals surface area (Å²) in [4.78, 5) is 10.3. The number of quaternary nitrogens is 1. The standard InChI is InChI=1S/C5H9Cl2NO2/c1-5(2,3)8(6,7)4(9)10/h1-3H3. The lowest BCUT2D eigenvalue weighted by Gasteiger charge is -2.31. The van der Waals surface area contributed by atoms with Crippen molar-refractivity contribution in [1.29, 1.82) is 0 Å². The van der Waals surface area contributed by atoms with Crippen molar-refractivity contribution < 1.29 is 13.4 Å². The molecule has 0 N–H and O–H groups in total. The van der Waals surface area contributed by atoms with E-state index in [-0.39, 0.29) is 0 Å². The van der Waals surface area contributed by atoms with Gasteiger partial charge < -0.3 is 9.90 Å². The normalized spacial score (nSPS) is 13.3. The average molecular weight is 186 g/mol. The lowest BCUT2D eigenvalue weighted by molar-refractivity contribution is -0.704. The Morgan fingerprint density at radius 2 is 1.70 bits per heavy atom. The van der Waals surface area contributed by atoms with Gasteiger partial charge >= 0.3 is 0 Å². The zero-order chi connectivity index (χ0) is 8.58. The Morgan fingerprint density at radius 1 is 1.40 bits per heavy atom. The highest BCUT2D eigenvalue weighted by atomic mass is 35.5. The molecule has 0 aromatic heterocycles. The first-order valence-electron chi connectivity index (χ1n) is 2.69. The summed E-state index contributed by atoms with van der Waals surface area (Å²) < 4.78 is -1.17. The number of hydrogen-bond acceptors (Lipinski definition) is 2. The Hall–Kier alpha value is 0.01000. The first-order valence-corrected chi connectivity index (χ1v) is 3.37. The molecule has 0 atom stereocenters. The van der Waals surface area contributed by atoms with Gasteiger partial charge in [0.1, 0.15) is 5.54 Å². The summed E-state index contributed by atoms with van der Waals surface area (Å²) in [5, 5.41) is 10.3. The van der Waals surface area contributed by atoms with Crippen molar-refractivity contribution >= 4 is 29.6 Å². The minimum absolute atomic E-state index is 0.776. The molecule has 0 aromatic rings. The zero-order valence-electron chi connectivity index (χ0n) is 6.02. The smallest absolute Gasteiger partial charge is 0.296 e. The fraction of sp³-hybridized carbons (Fsp3) is 0.800. The SMILES string of the molecule is CC(C)(C)[N+](Cl)(Cl)C(=O)[O-]. The molecule has 1 amide bonds. The highest BCUT2D eigenvalue weighted by Gasteiger charge is 2.42. The third-order valence-electron chi connectivity index (χ3n) is 1.07. The monoisotopic (exact) mass is 185 g/mol. The third kappa shape index (κ3) is 1.75. The predicted molar refractivity (Wildman–Crippen MR) is 37.1 cm³/mol. The van der Waals surface area contributed by atoms with E-state index in [9.17, 15) is 9.90 Å². The van der Waals surface area contributed by atoms with Crippen molar-refractivity contribution in [3.05, 3.63) is 0 Å². The van der Waals surface area contributed by atoms with Gasteiger partial charge in [-0.1, -0.05) is 3.52 Å². The van der Waals surface area contributed by atoms with Crippen molar-refractivity contribution in [2.45, 2.75) is 26.3 Å². The highest BCUT2D eigenvalue weighted by Crippen LogP contribution is 2.30. The maximum atomic E-state index is 10.3. The van der Waals surface area contributed by atoms with Crippen LogP contribution in [0.15, 0.2) is 0 Å². The quantitative estimate of drug-likeness (QED) is 0.534. The molecule has 0 radical (unpaired) electrons. The second kappa shape index (κ2) is 2.57. The van der Waals surface area contributed by atoms with E-state index in [1.807, 2.05) is 0 Å².